The van der Waals surface area contributed by atoms with Gasteiger partial charge in [0, 0.05) is 18.5 Å². The van der Waals surface area contributed by atoms with Gasteiger partial charge >= 0.3 is 5.97 Å². The van der Waals surface area contributed by atoms with Crippen molar-refractivity contribution in [2.24, 2.45) is 0 Å². The summed E-state index contributed by atoms with van der Waals surface area (Å²) in [5, 5.41) is 8.24. The first-order chi connectivity index (χ1) is 5.79. The van der Waals surface area contributed by atoms with Gasteiger partial charge in [-0.05, 0) is 11.6 Å². The van der Waals surface area contributed by atoms with E-state index in [4.69, 9.17) is 5.11 Å². The Kier molecular flexibility index (Phi) is 2.90. The normalized spacial score (nSPS) is 11.3. The van der Waals surface area contributed by atoms with E-state index in [1.165, 1.54) is 6.08 Å². The van der Waals surface area contributed by atoms with Crippen LogP contribution in [-0.4, -0.2) is 16.1 Å². The Morgan fingerprint density at radius 2 is 2.33 bits per heavy atom. The summed E-state index contributed by atoms with van der Waals surface area (Å²) in [7, 11) is 0. The fourth-order valence-electron chi connectivity index (χ4n) is 0.745. The lowest BCUT2D eigenvalue weighted by Crippen LogP contribution is -1.84. The maximum atomic E-state index is 10.0. The predicted octanol–water partition coefficient (Wildman–Crippen LogP) is 1.67. The number of rotatable bonds is 3. The molecular formula is C9H9NO2. The number of carbonyl (C=O) groups is 1. The number of carboxylic acid groups (broad SMARTS) is 1. The standard InChI is InChI=1S/C9H9NO2/c11-9(12)4-2-1-3-8-5-6-10-7-8/h1-7,10H,(H,11,12)/b3-1+,4-2+. The Hall–Kier alpha value is -1.77. The van der Waals surface area contributed by atoms with Gasteiger partial charge in [0.05, 0.1) is 0 Å². The number of aromatic amines is 1. The van der Waals surface area contributed by atoms with Gasteiger partial charge in [-0.1, -0.05) is 18.2 Å². The Morgan fingerprint density at radius 1 is 1.50 bits per heavy atom. The molecule has 1 aromatic heterocycles. The first-order valence-electron chi connectivity index (χ1n) is 3.49. The molecule has 2 N–H and O–H groups in total. The van der Waals surface area contributed by atoms with Gasteiger partial charge < -0.3 is 10.1 Å². The van der Waals surface area contributed by atoms with Crippen LogP contribution in [0.4, 0.5) is 0 Å². The van der Waals surface area contributed by atoms with E-state index in [-0.39, 0.29) is 0 Å². The summed E-state index contributed by atoms with van der Waals surface area (Å²) in [4.78, 5) is 12.9. The molecular weight excluding hydrogens is 154 g/mol. The lowest BCUT2D eigenvalue weighted by atomic mass is 10.3. The van der Waals surface area contributed by atoms with Gasteiger partial charge in [0.15, 0.2) is 0 Å². The van der Waals surface area contributed by atoms with Crippen molar-refractivity contribution in [2.75, 3.05) is 0 Å². The number of nitrogens with one attached hydrogen (secondary N) is 1. The van der Waals surface area contributed by atoms with Crippen molar-refractivity contribution in [3.8, 4) is 0 Å². The number of H-pyrrole nitrogens is 1. The Balaban J connectivity index is 2.47. The number of allylic oxidation sites excluding steroid dienone is 2. The second-order valence-corrected chi connectivity index (χ2v) is 2.20. The van der Waals surface area contributed by atoms with E-state index in [0.29, 0.717) is 0 Å². The van der Waals surface area contributed by atoms with E-state index in [1.54, 1.807) is 12.3 Å². The van der Waals surface area contributed by atoms with Crippen molar-refractivity contribution in [3.63, 3.8) is 0 Å². The Labute approximate surface area is 70.0 Å². The SMILES string of the molecule is O=C(O)/C=C/C=C/c1cc[nH]c1. The molecule has 0 fully saturated rings. The molecule has 0 unspecified atom stereocenters. The summed E-state index contributed by atoms with van der Waals surface area (Å²) >= 11 is 0. The van der Waals surface area contributed by atoms with Gasteiger partial charge in [0.1, 0.15) is 0 Å². The highest BCUT2D eigenvalue weighted by molar-refractivity contribution is 5.80. The van der Waals surface area contributed by atoms with Crippen molar-refractivity contribution in [1.82, 2.24) is 4.98 Å². The van der Waals surface area contributed by atoms with Crippen LogP contribution < -0.4 is 0 Å². The van der Waals surface area contributed by atoms with Gasteiger partial charge in [0.2, 0.25) is 0 Å². The predicted molar refractivity (Wildman–Crippen MR) is 46.6 cm³/mol. The second kappa shape index (κ2) is 4.18. The fourth-order valence-corrected chi connectivity index (χ4v) is 0.745. The minimum atomic E-state index is -0.936. The minimum absolute atomic E-state index is 0.936. The van der Waals surface area contributed by atoms with Gasteiger partial charge in [0.25, 0.3) is 0 Å². The zero-order valence-corrected chi connectivity index (χ0v) is 6.40. The topological polar surface area (TPSA) is 53.1 Å². The second-order valence-electron chi connectivity index (χ2n) is 2.20. The molecule has 0 aliphatic carbocycles. The van der Waals surface area contributed by atoms with E-state index in [1.807, 2.05) is 18.3 Å². The van der Waals surface area contributed by atoms with Crippen molar-refractivity contribution in [3.05, 3.63) is 42.3 Å². The first kappa shape index (κ1) is 8.33. The summed E-state index contributed by atoms with van der Waals surface area (Å²) < 4.78 is 0. The van der Waals surface area contributed by atoms with Crippen LogP contribution in [0.2, 0.25) is 0 Å². The van der Waals surface area contributed by atoms with E-state index < -0.39 is 5.97 Å². The van der Waals surface area contributed by atoms with Crippen molar-refractivity contribution in [2.45, 2.75) is 0 Å². The van der Waals surface area contributed by atoms with Crippen LogP contribution in [0.15, 0.2) is 36.7 Å². The maximum absolute atomic E-state index is 10.0. The quantitative estimate of drug-likeness (QED) is 0.526. The minimum Gasteiger partial charge on any atom is -0.478 e. The third kappa shape index (κ3) is 2.88. The molecule has 0 radical (unpaired) electrons. The monoisotopic (exact) mass is 163 g/mol. The van der Waals surface area contributed by atoms with Gasteiger partial charge in [-0.25, -0.2) is 4.79 Å². The van der Waals surface area contributed by atoms with Crippen LogP contribution in [-0.2, 0) is 4.79 Å². The molecule has 0 aliphatic heterocycles. The molecule has 0 saturated heterocycles. The Morgan fingerprint density at radius 3 is 2.92 bits per heavy atom. The lowest BCUT2D eigenvalue weighted by molar-refractivity contribution is -0.131. The number of hydrogen-bond donors (Lipinski definition) is 2. The number of aliphatic carboxylic acids is 1. The molecule has 0 bridgehead atoms. The lowest BCUT2D eigenvalue weighted by Gasteiger charge is -1.78. The van der Waals surface area contributed by atoms with Crippen LogP contribution in [0.1, 0.15) is 5.56 Å². The number of aromatic nitrogens is 1. The fraction of sp³-hybridized carbons (Fsp3) is 0. The molecule has 12 heavy (non-hydrogen) atoms. The van der Waals surface area contributed by atoms with Crippen LogP contribution in [0, 0.1) is 0 Å². The molecule has 3 nitrogen and oxygen atoms in total. The van der Waals surface area contributed by atoms with E-state index in [2.05, 4.69) is 4.98 Å². The molecule has 1 aromatic rings. The van der Waals surface area contributed by atoms with Crippen LogP contribution in [0.3, 0.4) is 0 Å². The van der Waals surface area contributed by atoms with Crippen molar-refractivity contribution >= 4 is 12.0 Å². The maximum Gasteiger partial charge on any atom is 0.328 e. The number of hydrogen-bond acceptors (Lipinski definition) is 1. The van der Waals surface area contributed by atoms with Crippen LogP contribution in [0.5, 0.6) is 0 Å². The summed E-state index contributed by atoms with van der Waals surface area (Å²) in [6, 6.07) is 1.89. The Bertz CT molecular complexity index is 296. The van der Waals surface area contributed by atoms with Gasteiger partial charge in [-0.3, -0.25) is 0 Å². The molecule has 0 aromatic carbocycles. The molecule has 1 rings (SSSR count). The summed E-state index contributed by atoms with van der Waals surface area (Å²) in [6.45, 7) is 0. The third-order valence-electron chi connectivity index (χ3n) is 1.26. The molecule has 62 valence electrons. The molecule has 0 saturated carbocycles. The van der Waals surface area contributed by atoms with Crippen LogP contribution >= 0.6 is 0 Å². The van der Waals surface area contributed by atoms with Gasteiger partial charge in [-0.2, -0.15) is 0 Å². The highest BCUT2D eigenvalue weighted by atomic mass is 16.4. The zero-order chi connectivity index (χ0) is 8.81. The molecule has 0 aliphatic rings. The molecule has 0 spiro atoms. The van der Waals surface area contributed by atoms with E-state index in [9.17, 15) is 4.79 Å². The highest BCUT2D eigenvalue weighted by Gasteiger charge is 1.83. The van der Waals surface area contributed by atoms with Crippen molar-refractivity contribution < 1.29 is 9.90 Å². The summed E-state index contributed by atoms with van der Waals surface area (Å²) in [5.41, 5.74) is 1.02. The third-order valence-corrected chi connectivity index (χ3v) is 1.26. The van der Waals surface area contributed by atoms with Crippen molar-refractivity contribution in [1.29, 1.82) is 0 Å². The van der Waals surface area contributed by atoms with E-state index in [0.717, 1.165) is 11.6 Å². The van der Waals surface area contributed by atoms with Gasteiger partial charge in [-0.15, -0.1) is 0 Å². The largest absolute Gasteiger partial charge is 0.478 e. The zero-order valence-electron chi connectivity index (χ0n) is 6.40. The smallest absolute Gasteiger partial charge is 0.328 e. The first-order valence-corrected chi connectivity index (χ1v) is 3.49. The highest BCUT2D eigenvalue weighted by Crippen LogP contribution is 1.98. The molecule has 1 heterocycles. The average Bonchev–Trinajstić information content (AvgIpc) is 2.49. The van der Waals surface area contributed by atoms with Crippen LogP contribution in [0.25, 0.3) is 6.08 Å². The molecule has 0 atom stereocenters. The molecule has 3 heteroatoms. The summed E-state index contributed by atoms with van der Waals surface area (Å²) in [5.74, 6) is -0.936. The molecule has 0 amide bonds. The average molecular weight is 163 g/mol. The van der Waals surface area contributed by atoms with E-state index >= 15 is 0 Å². The number of carboxylic acids is 1. The summed E-state index contributed by atoms with van der Waals surface area (Å²) in [6.07, 6.45) is 9.69.